The van der Waals surface area contributed by atoms with E-state index in [1.807, 2.05) is 39.8 Å². The van der Waals surface area contributed by atoms with Gasteiger partial charge in [-0.15, -0.1) is 4.72 Å². The summed E-state index contributed by atoms with van der Waals surface area (Å²) in [6, 6.07) is 3.55. The number of ether oxygens (including phenoxy) is 1. The second-order valence-corrected chi connectivity index (χ2v) is 11.6. The van der Waals surface area contributed by atoms with E-state index in [1.54, 1.807) is 13.3 Å². The van der Waals surface area contributed by atoms with Gasteiger partial charge in [-0.1, -0.05) is 12.8 Å². The monoisotopic (exact) mass is 437 g/mol. The van der Waals surface area contributed by atoms with E-state index in [2.05, 4.69) is 9.71 Å². The highest BCUT2D eigenvalue weighted by Crippen LogP contribution is 2.45. The predicted octanol–water partition coefficient (Wildman–Crippen LogP) is 3.94. The van der Waals surface area contributed by atoms with Crippen molar-refractivity contribution in [3.63, 3.8) is 0 Å². The van der Waals surface area contributed by atoms with E-state index in [9.17, 15) is 14.5 Å². The van der Waals surface area contributed by atoms with E-state index in [0.29, 0.717) is 25.2 Å². The Morgan fingerprint density at radius 1 is 1.37 bits per heavy atom. The van der Waals surface area contributed by atoms with Crippen molar-refractivity contribution in [2.75, 3.05) is 7.11 Å². The van der Waals surface area contributed by atoms with Crippen molar-refractivity contribution in [1.29, 1.82) is 0 Å². The maximum atomic E-state index is 13.4. The Kier molecular flexibility index (Phi) is 7.01. The van der Waals surface area contributed by atoms with Crippen LogP contribution < -0.4 is 4.72 Å². The van der Waals surface area contributed by atoms with Crippen molar-refractivity contribution >= 4 is 17.5 Å². The average Bonchev–Trinajstić information content (AvgIpc) is 3.39. The largest absolute Gasteiger partial charge is 0.598 e. The first kappa shape index (κ1) is 23.3. The summed E-state index contributed by atoms with van der Waals surface area (Å²) in [6.07, 6.45) is 5.62. The Balaban J connectivity index is 2.11. The fourth-order valence-electron chi connectivity index (χ4n) is 4.41. The smallest absolute Gasteiger partial charge is 0.409 e. The SMILES string of the molecule is COC1CCC(C(CCC2CC2)(N[S@+]([O-])C(C)(C)C)c2ccnc(C)c2)N1C(=O)O. The van der Waals surface area contributed by atoms with Crippen molar-refractivity contribution in [2.24, 2.45) is 5.92 Å². The molecule has 168 valence electrons. The number of methoxy groups -OCH3 is 1. The van der Waals surface area contributed by atoms with Crippen LogP contribution in [0.4, 0.5) is 4.79 Å². The first-order valence-electron chi connectivity index (χ1n) is 10.8. The third-order valence-electron chi connectivity index (χ3n) is 6.28. The molecule has 1 aromatic heterocycles. The molecule has 30 heavy (non-hydrogen) atoms. The number of pyridine rings is 1. The van der Waals surface area contributed by atoms with E-state index in [0.717, 1.165) is 17.7 Å². The summed E-state index contributed by atoms with van der Waals surface area (Å²) in [5, 5.41) is 10.1. The first-order chi connectivity index (χ1) is 14.1. The van der Waals surface area contributed by atoms with Crippen LogP contribution in [-0.4, -0.2) is 49.8 Å². The molecule has 2 fully saturated rings. The van der Waals surface area contributed by atoms with Crippen LogP contribution in [0.2, 0.25) is 0 Å². The van der Waals surface area contributed by atoms with Crippen LogP contribution >= 0.6 is 0 Å². The summed E-state index contributed by atoms with van der Waals surface area (Å²) < 4.78 is 21.8. The topological polar surface area (TPSA) is 97.8 Å². The molecule has 2 aliphatic rings. The van der Waals surface area contributed by atoms with E-state index in [-0.39, 0.29) is 6.04 Å². The number of nitrogens with one attached hydrogen (secondary N) is 1. The van der Waals surface area contributed by atoms with Crippen LogP contribution in [0.15, 0.2) is 18.3 Å². The minimum atomic E-state index is -1.38. The summed E-state index contributed by atoms with van der Waals surface area (Å²) in [4.78, 5) is 18.1. The van der Waals surface area contributed by atoms with E-state index < -0.39 is 34.0 Å². The Bertz CT molecular complexity index is 752. The van der Waals surface area contributed by atoms with Crippen LogP contribution in [0, 0.1) is 12.8 Å². The van der Waals surface area contributed by atoms with Gasteiger partial charge in [-0.2, -0.15) is 0 Å². The average molecular weight is 438 g/mol. The fourth-order valence-corrected chi connectivity index (χ4v) is 5.41. The lowest BCUT2D eigenvalue weighted by atomic mass is 9.78. The van der Waals surface area contributed by atoms with Gasteiger partial charge >= 0.3 is 6.09 Å². The van der Waals surface area contributed by atoms with Crippen LogP contribution in [0.3, 0.4) is 0 Å². The summed E-state index contributed by atoms with van der Waals surface area (Å²) >= 11 is -1.38. The van der Waals surface area contributed by atoms with Gasteiger partial charge in [-0.05, 0) is 77.0 Å². The van der Waals surface area contributed by atoms with Gasteiger partial charge in [0.15, 0.2) is 0 Å². The number of carboxylic acid groups (broad SMARTS) is 1. The Hall–Kier alpha value is -1.35. The zero-order valence-electron chi connectivity index (χ0n) is 18.7. The molecular weight excluding hydrogens is 402 g/mol. The lowest BCUT2D eigenvalue weighted by Gasteiger charge is -2.45. The van der Waals surface area contributed by atoms with Gasteiger partial charge in [-0.25, -0.2) is 4.79 Å². The lowest BCUT2D eigenvalue weighted by Crippen LogP contribution is -2.62. The van der Waals surface area contributed by atoms with Crippen LogP contribution in [0.5, 0.6) is 0 Å². The van der Waals surface area contributed by atoms with Gasteiger partial charge in [-0.3, -0.25) is 9.88 Å². The van der Waals surface area contributed by atoms with Gasteiger partial charge in [0.25, 0.3) is 0 Å². The first-order valence-corrected chi connectivity index (χ1v) is 11.9. The standard InChI is InChI=1S/C22H35N3O4S/c1-15-14-17(11-13-23-15)22(12-10-16-6-7-16,24-30(28)21(2,3)4)18-8-9-19(29-5)25(18)20(26)27/h11,13-14,16,18-19,24H,6-10,12H2,1-5H3,(H,26,27)/t18?,19?,22?,30-/m1/s1. The zero-order valence-corrected chi connectivity index (χ0v) is 19.5. The molecule has 2 heterocycles. The quantitative estimate of drug-likeness (QED) is 0.598. The molecule has 1 aliphatic carbocycles. The highest BCUT2D eigenvalue weighted by atomic mass is 32.2. The summed E-state index contributed by atoms with van der Waals surface area (Å²) in [7, 11) is 1.55. The molecule has 1 aliphatic heterocycles. The molecule has 2 N–H and O–H groups in total. The number of nitrogens with zero attached hydrogens (tertiary/aromatic N) is 2. The van der Waals surface area contributed by atoms with Crippen molar-refractivity contribution in [3.8, 4) is 0 Å². The van der Waals surface area contributed by atoms with Crippen molar-refractivity contribution in [3.05, 3.63) is 29.6 Å². The molecule has 0 radical (unpaired) electrons. The molecule has 0 spiro atoms. The van der Waals surface area contributed by atoms with E-state index >= 15 is 0 Å². The van der Waals surface area contributed by atoms with Gasteiger partial charge in [0.1, 0.15) is 16.5 Å². The van der Waals surface area contributed by atoms with Crippen LogP contribution in [-0.2, 0) is 21.6 Å². The summed E-state index contributed by atoms with van der Waals surface area (Å²) in [5.74, 6) is 0.662. The van der Waals surface area contributed by atoms with Crippen molar-refractivity contribution in [1.82, 2.24) is 14.6 Å². The number of carbonyl (C=O) groups is 1. The molecule has 8 heteroatoms. The molecule has 1 aromatic rings. The molecule has 1 saturated carbocycles. The third kappa shape index (κ3) is 4.93. The zero-order chi connectivity index (χ0) is 22.1. The molecule has 0 aromatic carbocycles. The molecule has 4 atom stereocenters. The Labute approximate surface area is 182 Å². The van der Waals surface area contributed by atoms with E-state index in [4.69, 9.17) is 4.74 Å². The van der Waals surface area contributed by atoms with Gasteiger partial charge < -0.3 is 14.4 Å². The van der Waals surface area contributed by atoms with Crippen LogP contribution in [0.25, 0.3) is 0 Å². The number of aryl methyl sites for hydroxylation is 1. The maximum absolute atomic E-state index is 13.4. The molecule has 1 saturated heterocycles. The number of aromatic nitrogens is 1. The maximum Gasteiger partial charge on any atom is 0.409 e. The minimum absolute atomic E-state index is 0.383. The van der Waals surface area contributed by atoms with Gasteiger partial charge in [0.05, 0.1) is 6.04 Å². The number of hydrogen-bond donors (Lipinski definition) is 2. The Morgan fingerprint density at radius 3 is 2.60 bits per heavy atom. The van der Waals surface area contributed by atoms with E-state index in [1.165, 1.54) is 17.7 Å². The molecule has 3 unspecified atom stereocenters. The number of amides is 1. The molecule has 1 amide bonds. The van der Waals surface area contributed by atoms with Crippen LogP contribution in [0.1, 0.15) is 70.6 Å². The summed E-state index contributed by atoms with van der Waals surface area (Å²) in [5.41, 5.74) is 1.02. The highest BCUT2D eigenvalue weighted by molar-refractivity contribution is 7.90. The number of hydrogen-bond acceptors (Lipinski definition) is 5. The fraction of sp³-hybridized carbons (Fsp3) is 0.727. The van der Waals surface area contributed by atoms with Gasteiger partial charge in [0, 0.05) is 30.4 Å². The van der Waals surface area contributed by atoms with Gasteiger partial charge in [0.2, 0.25) is 0 Å². The third-order valence-corrected chi connectivity index (χ3v) is 7.94. The number of rotatable bonds is 8. The molecule has 0 bridgehead atoms. The van der Waals surface area contributed by atoms with Crippen molar-refractivity contribution < 1.29 is 19.2 Å². The number of likely N-dealkylation sites (tertiary alicyclic amines) is 1. The highest BCUT2D eigenvalue weighted by Gasteiger charge is 2.54. The molecule has 3 rings (SSSR count). The second-order valence-electron chi connectivity index (χ2n) is 9.60. The summed E-state index contributed by atoms with van der Waals surface area (Å²) in [6.45, 7) is 7.72. The predicted molar refractivity (Wildman–Crippen MR) is 117 cm³/mol. The Morgan fingerprint density at radius 2 is 2.07 bits per heavy atom. The minimum Gasteiger partial charge on any atom is -0.598 e. The second kappa shape index (κ2) is 9.02. The molecular formula is C22H35N3O4S. The molecule has 7 nitrogen and oxygen atoms in total. The normalized spacial score (nSPS) is 25.2. The van der Waals surface area contributed by atoms with Crippen molar-refractivity contribution in [2.45, 2.75) is 88.8 Å². The lowest BCUT2D eigenvalue weighted by molar-refractivity contribution is -0.0241.